The second kappa shape index (κ2) is 12.2. The molecule has 2 fully saturated rings. The minimum atomic E-state index is 0.188. The first-order chi connectivity index (χ1) is 17.7. The van der Waals surface area contributed by atoms with Crippen LogP contribution in [-0.4, -0.2) is 48.4 Å². The lowest BCUT2D eigenvalue weighted by molar-refractivity contribution is 0.0784. The molecule has 36 heavy (non-hydrogen) atoms. The van der Waals surface area contributed by atoms with Crippen molar-refractivity contribution < 1.29 is 4.79 Å². The summed E-state index contributed by atoms with van der Waals surface area (Å²) in [5, 5.41) is 6.28. The van der Waals surface area contributed by atoms with Crippen LogP contribution in [0.4, 0.5) is 0 Å². The maximum absolute atomic E-state index is 13.2. The fourth-order valence-corrected chi connectivity index (χ4v) is 6.24. The Balaban J connectivity index is 0.000000477. The Hall–Kier alpha value is -2.47. The molecule has 1 aromatic heterocycles. The summed E-state index contributed by atoms with van der Waals surface area (Å²) >= 11 is 5.25. The minimum absolute atomic E-state index is 0.188. The number of piperidine rings is 1. The molecule has 0 N–H and O–H groups in total. The van der Waals surface area contributed by atoms with Crippen LogP contribution in [0.3, 0.4) is 0 Å². The molecule has 0 unspecified atom stereocenters. The Labute approximate surface area is 226 Å². The number of fused-ring (bicyclic) bond motifs is 1. The summed E-state index contributed by atoms with van der Waals surface area (Å²) in [4.78, 5) is 17.9. The maximum atomic E-state index is 13.2. The third-order valence-corrected chi connectivity index (χ3v) is 8.62. The number of benzene rings is 3. The van der Waals surface area contributed by atoms with E-state index in [1.54, 1.807) is 11.3 Å². The van der Waals surface area contributed by atoms with Crippen LogP contribution in [0.25, 0.3) is 10.8 Å². The van der Waals surface area contributed by atoms with E-state index in [1.807, 2.05) is 47.2 Å². The van der Waals surface area contributed by atoms with Crippen molar-refractivity contribution in [3.8, 4) is 0 Å². The third kappa shape index (κ3) is 6.26. The van der Waals surface area contributed by atoms with Gasteiger partial charge in [-0.15, -0.1) is 0 Å². The van der Waals surface area contributed by atoms with Crippen LogP contribution >= 0.6 is 27.3 Å². The van der Waals surface area contributed by atoms with Crippen LogP contribution < -0.4 is 0 Å². The normalized spacial score (nSPS) is 18.7. The Bertz CT molecular complexity index is 1230. The smallest absolute Gasteiger partial charge is 0.254 e. The number of nitrogens with zero attached hydrogens (tertiary/aromatic N) is 2. The standard InChI is InChI=1S/C27H29BrN2O.C4H4S/c28-24-10-8-21(9-11-24)22-13-15-29(16-14-22)18-20-12-17-30(19-20)27(31)26-7-3-5-23-4-1-2-6-25(23)26;1-2-4-5-3-1/h1-11,20,22H,12-19H2;1-4H/t20-;/m1./s1. The summed E-state index contributed by atoms with van der Waals surface area (Å²) < 4.78 is 1.15. The van der Waals surface area contributed by atoms with Gasteiger partial charge in [0, 0.05) is 29.7 Å². The molecule has 2 aliphatic rings. The summed E-state index contributed by atoms with van der Waals surface area (Å²) in [6.07, 6.45) is 3.57. The number of halogens is 1. The van der Waals surface area contributed by atoms with Gasteiger partial charge in [-0.05, 0) is 89.5 Å². The van der Waals surface area contributed by atoms with Gasteiger partial charge in [-0.25, -0.2) is 0 Å². The average molecular weight is 562 g/mol. The van der Waals surface area contributed by atoms with Crippen molar-refractivity contribution in [2.45, 2.75) is 25.2 Å². The van der Waals surface area contributed by atoms with Gasteiger partial charge in [0.2, 0.25) is 0 Å². The van der Waals surface area contributed by atoms with Crippen LogP contribution in [0.2, 0.25) is 0 Å². The van der Waals surface area contributed by atoms with E-state index in [0.717, 1.165) is 60.0 Å². The lowest BCUT2D eigenvalue weighted by atomic mass is 9.89. The van der Waals surface area contributed by atoms with Gasteiger partial charge in [0.05, 0.1) is 0 Å². The van der Waals surface area contributed by atoms with Crippen LogP contribution in [0.5, 0.6) is 0 Å². The highest BCUT2D eigenvalue weighted by molar-refractivity contribution is 9.10. The predicted molar refractivity (Wildman–Crippen MR) is 155 cm³/mol. The van der Waals surface area contributed by atoms with Crippen molar-refractivity contribution in [3.63, 3.8) is 0 Å². The van der Waals surface area contributed by atoms with E-state index in [1.165, 1.54) is 18.4 Å². The van der Waals surface area contributed by atoms with Gasteiger partial charge in [0.1, 0.15) is 0 Å². The fraction of sp³-hybridized carbons (Fsp3) is 0.323. The highest BCUT2D eigenvalue weighted by atomic mass is 79.9. The van der Waals surface area contributed by atoms with Crippen molar-refractivity contribution in [2.75, 3.05) is 32.7 Å². The van der Waals surface area contributed by atoms with Gasteiger partial charge in [-0.3, -0.25) is 4.79 Å². The van der Waals surface area contributed by atoms with Crippen LogP contribution in [0, 0.1) is 5.92 Å². The summed E-state index contributed by atoms with van der Waals surface area (Å²) in [6.45, 7) is 5.20. The lowest BCUT2D eigenvalue weighted by Gasteiger charge is -2.33. The fourth-order valence-electron chi connectivity index (χ4n) is 5.52. The molecule has 2 saturated heterocycles. The number of likely N-dealkylation sites (tertiary alicyclic amines) is 2. The van der Waals surface area contributed by atoms with E-state index >= 15 is 0 Å². The number of rotatable bonds is 4. The zero-order valence-corrected chi connectivity index (χ0v) is 23.0. The molecular formula is C31H33BrN2OS. The van der Waals surface area contributed by atoms with Crippen molar-refractivity contribution >= 4 is 43.9 Å². The third-order valence-electron chi connectivity index (χ3n) is 7.46. The Kier molecular flexibility index (Phi) is 8.52. The van der Waals surface area contributed by atoms with Gasteiger partial charge in [0.15, 0.2) is 0 Å². The molecule has 0 radical (unpaired) electrons. The zero-order valence-electron chi connectivity index (χ0n) is 20.6. The molecule has 0 saturated carbocycles. The molecule has 0 bridgehead atoms. The van der Waals surface area contributed by atoms with E-state index in [0.29, 0.717) is 11.8 Å². The largest absolute Gasteiger partial charge is 0.338 e. The van der Waals surface area contributed by atoms with E-state index in [-0.39, 0.29) is 5.91 Å². The predicted octanol–water partition coefficient (Wildman–Crippen LogP) is 7.69. The summed E-state index contributed by atoms with van der Waals surface area (Å²) in [5.74, 6) is 1.45. The topological polar surface area (TPSA) is 23.6 Å². The van der Waals surface area contributed by atoms with Crippen molar-refractivity contribution in [1.82, 2.24) is 9.80 Å². The van der Waals surface area contributed by atoms with Gasteiger partial charge in [-0.2, -0.15) is 11.3 Å². The molecule has 3 aromatic carbocycles. The van der Waals surface area contributed by atoms with Crippen LogP contribution in [0.1, 0.15) is 41.1 Å². The van der Waals surface area contributed by atoms with E-state index in [9.17, 15) is 4.79 Å². The highest BCUT2D eigenvalue weighted by Gasteiger charge is 2.30. The maximum Gasteiger partial charge on any atom is 0.254 e. The molecule has 1 amide bonds. The first-order valence-electron chi connectivity index (χ1n) is 12.9. The molecule has 2 aliphatic heterocycles. The Morgan fingerprint density at radius 2 is 1.56 bits per heavy atom. The number of carbonyl (C=O) groups excluding carboxylic acids is 1. The van der Waals surface area contributed by atoms with Crippen molar-refractivity contribution in [1.29, 1.82) is 0 Å². The molecule has 186 valence electrons. The van der Waals surface area contributed by atoms with Gasteiger partial charge in [-0.1, -0.05) is 76.6 Å². The number of thiophene rings is 1. The van der Waals surface area contributed by atoms with Gasteiger partial charge >= 0.3 is 0 Å². The average Bonchev–Trinajstić information content (AvgIpc) is 3.65. The van der Waals surface area contributed by atoms with Gasteiger partial charge in [0.25, 0.3) is 5.91 Å². The quantitative estimate of drug-likeness (QED) is 0.255. The van der Waals surface area contributed by atoms with E-state index in [4.69, 9.17) is 0 Å². The number of amides is 1. The van der Waals surface area contributed by atoms with Crippen LogP contribution in [-0.2, 0) is 0 Å². The van der Waals surface area contributed by atoms with Crippen molar-refractivity contribution in [3.05, 3.63) is 105 Å². The molecule has 5 heteroatoms. The number of hydrogen-bond donors (Lipinski definition) is 0. The van der Waals surface area contributed by atoms with Gasteiger partial charge < -0.3 is 9.80 Å². The molecule has 0 spiro atoms. The lowest BCUT2D eigenvalue weighted by Crippen LogP contribution is -2.37. The van der Waals surface area contributed by atoms with E-state index in [2.05, 4.69) is 68.2 Å². The number of carbonyl (C=O) groups is 1. The minimum Gasteiger partial charge on any atom is -0.338 e. The molecule has 0 aliphatic carbocycles. The van der Waals surface area contributed by atoms with Crippen LogP contribution in [0.15, 0.2) is 94.1 Å². The monoisotopic (exact) mass is 560 g/mol. The Morgan fingerprint density at radius 1 is 0.833 bits per heavy atom. The van der Waals surface area contributed by atoms with E-state index < -0.39 is 0 Å². The second-order valence-electron chi connectivity index (χ2n) is 9.85. The molecule has 1 atom stereocenters. The molecule has 6 rings (SSSR count). The first kappa shape index (κ1) is 25.2. The summed E-state index contributed by atoms with van der Waals surface area (Å²) in [6, 6.07) is 27.1. The molecular weight excluding hydrogens is 528 g/mol. The zero-order chi connectivity index (χ0) is 24.7. The summed E-state index contributed by atoms with van der Waals surface area (Å²) in [5.41, 5.74) is 2.31. The highest BCUT2D eigenvalue weighted by Crippen LogP contribution is 2.30. The SMILES string of the molecule is O=C(c1cccc2ccccc12)N1CC[C@H](CN2CCC(c3ccc(Br)cc3)CC2)C1.c1ccsc1. The summed E-state index contributed by atoms with van der Waals surface area (Å²) in [7, 11) is 0. The number of hydrogen-bond acceptors (Lipinski definition) is 3. The van der Waals surface area contributed by atoms with Crippen molar-refractivity contribution in [2.24, 2.45) is 5.92 Å². The Morgan fingerprint density at radius 3 is 2.28 bits per heavy atom. The second-order valence-corrected chi connectivity index (χ2v) is 11.6. The molecule has 4 aromatic rings. The first-order valence-corrected chi connectivity index (χ1v) is 14.6. The molecule has 3 nitrogen and oxygen atoms in total. The molecule has 3 heterocycles.